The van der Waals surface area contributed by atoms with Crippen LogP contribution in [-0.4, -0.2) is 29.1 Å². The molecule has 4 heteroatoms. The number of hydrogen-bond donors (Lipinski definition) is 3. The second-order valence-electron chi connectivity index (χ2n) is 5.45. The third-order valence-electron chi connectivity index (χ3n) is 3.63. The van der Waals surface area contributed by atoms with E-state index >= 15 is 0 Å². The van der Waals surface area contributed by atoms with Gasteiger partial charge in [0, 0.05) is 17.5 Å². The van der Waals surface area contributed by atoms with Crippen molar-refractivity contribution in [2.75, 3.05) is 12.8 Å². The van der Waals surface area contributed by atoms with Crippen LogP contribution in [-0.2, 0) is 6.42 Å². The molecule has 2 atom stereocenters. The molecule has 2 aromatic rings. The first-order valence-corrected chi connectivity index (χ1v) is 8.65. The minimum Gasteiger partial charge on any atom is -0.507 e. The number of aromatic hydroxyl groups is 1. The molecular formula is C18H23NO2S. The topological polar surface area (TPSA) is 52.5 Å². The number of phenolic OH excluding ortho intramolecular Hbond substituents is 1. The number of phenols is 1. The molecule has 0 saturated carbocycles. The van der Waals surface area contributed by atoms with E-state index in [1.807, 2.05) is 30.5 Å². The lowest BCUT2D eigenvalue weighted by Gasteiger charge is -2.18. The van der Waals surface area contributed by atoms with Gasteiger partial charge in [0.15, 0.2) is 0 Å². The van der Waals surface area contributed by atoms with Gasteiger partial charge in [0.05, 0.1) is 6.10 Å². The van der Waals surface area contributed by atoms with Gasteiger partial charge in [0.25, 0.3) is 0 Å². The van der Waals surface area contributed by atoms with Gasteiger partial charge in [-0.15, -0.1) is 11.8 Å². The minimum atomic E-state index is -0.579. The number of aliphatic hydroxyl groups excluding tert-OH is 1. The maximum Gasteiger partial charge on any atom is 0.129 e. The van der Waals surface area contributed by atoms with E-state index in [4.69, 9.17) is 0 Å². The normalized spacial score (nSPS) is 13.8. The molecule has 0 fully saturated rings. The van der Waals surface area contributed by atoms with Crippen LogP contribution in [0.15, 0.2) is 53.4 Å². The number of hydrogen-bond acceptors (Lipinski definition) is 4. The van der Waals surface area contributed by atoms with Crippen LogP contribution in [0.5, 0.6) is 5.75 Å². The van der Waals surface area contributed by atoms with Crippen LogP contribution in [0.1, 0.15) is 24.2 Å². The van der Waals surface area contributed by atoms with Gasteiger partial charge in [-0.3, -0.25) is 0 Å². The predicted molar refractivity (Wildman–Crippen MR) is 92.5 cm³/mol. The van der Waals surface area contributed by atoms with Gasteiger partial charge in [-0.1, -0.05) is 36.4 Å². The Morgan fingerprint density at radius 2 is 1.86 bits per heavy atom. The van der Waals surface area contributed by atoms with Gasteiger partial charge < -0.3 is 15.5 Å². The van der Waals surface area contributed by atoms with Crippen LogP contribution in [0.4, 0.5) is 0 Å². The van der Waals surface area contributed by atoms with E-state index in [0.29, 0.717) is 6.54 Å². The van der Waals surface area contributed by atoms with Gasteiger partial charge in [-0.25, -0.2) is 0 Å². The van der Waals surface area contributed by atoms with Gasteiger partial charge >= 0.3 is 0 Å². The Labute approximate surface area is 136 Å². The molecule has 0 aliphatic heterocycles. The number of aliphatic hydroxyl groups is 1. The number of thioether (sulfide) groups is 1. The third-order valence-corrected chi connectivity index (χ3v) is 4.40. The Morgan fingerprint density at radius 3 is 2.55 bits per heavy atom. The van der Waals surface area contributed by atoms with Crippen LogP contribution < -0.4 is 5.32 Å². The summed E-state index contributed by atoms with van der Waals surface area (Å²) in [6.45, 7) is 2.61. The summed E-state index contributed by atoms with van der Waals surface area (Å²) in [4.78, 5) is 0.786. The van der Waals surface area contributed by atoms with Crippen LogP contribution >= 0.6 is 11.8 Å². The zero-order valence-electron chi connectivity index (χ0n) is 13.0. The largest absolute Gasteiger partial charge is 0.507 e. The molecule has 0 aliphatic carbocycles. The summed E-state index contributed by atoms with van der Waals surface area (Å²) in [7, 11) is 0. The maximum absolute atomic E-state index is 10.3. The molecule has 0 radical (unpaired) electrons. The average molecular weight is 317 g/mol. The van der Waals surface area contributed by atoms with E-state index in [0.717, 1.165) is 16.9 Å². The van der Waals surface area contributed by atoms with Gasteiger partial charge in [0.2, 0.25) is 0 Å². The van der Waals surface area contributed by atoms with Crippen molar-refractivity contribution < 1.29 is 10.2 Å². The van der Waals surface area contributed by atoms with Crippen LogP contribution in [0.25, 0.3) is 0 Å². The monoisotopic (exact) mass is 317 g/mol. The summed E-state index contributed by atoms with van der Waals surface area (Å²) in [6.07, 6.45) is 2.26. The number of benzene rings is 2. The van der Waals surface area contributed by atoms with E-state index in [2.05, 4.69) is 24.4 Å². The minimum absolute atomic E-state index is 0.258. The second kappa shape index (κ2) is 8.22. The van der Waals surface area contributed by atoms with Crippen molar-refractivity contribution in [3.05, 3.63) is 59.7 Å². The summed E-state index contributed by atoms with van der Waals surface area (Å²) in [5.41, 5.74) is 2.10. The van der Waals surface area contributed by atoms with E-state index in [1.54, 1.807) is 12.1 Å². The lowest BCUT2D eigenvalue weighted by Crippen LogP contribution is -2.32. The zero-order chi connectivity index (χ0) is 15.9. The fourth-order valence-electron chi connectivity index (χ4n) is 2.37. The fraction of sp³-hybridized carbons (Fsp3) is 0.333. The van der Waals surface area contributed by atoms with Crippen molar-refractivity contribution in [1.82, 2.24) is 5.32 Å². The molecule has 0 saturated heterocycles. The van der Waals surface area contributed by atoms with E-state index in [9.17, 15) is 10.2 Å². The van der Waals surface area contributed by atoms with Gasteiger partial charge in [-0.05, 0) is 42.9 Å². The molecule has 0 bridgehead atoms. The summed E-state index contributed by atoms with van der Waals surface area (Å²) in [5, 5.41) is 23.3. The molecule has 22 heavy (non-hydrogen) atoms. The third kappa shape index (κ3) is 4.77. The molecule has 0 spiro atoms. The first kappa shape index (κ1) is 16.9. The molecule has 0 amide bonds. The lowest BCUT2D eigenvalue weighted by atomic mass is 10.1. The highest BCUT2D eigenvalue weighted by Gasteiger charge is 2.12. The quantitative estimate of drug-likeness (QED) is 0.685. The van der Waals surface area contributed by atoms with Crippen molar-refractivity contribution in [3.8, 4) is 5.75 Å². The first-order valence-electron chi connectivity index (χ1n) is 7.42. The van der Waals surface area contributed by atoms with Crippen LogP contribution in [0.2, 0.25) is 0 Å². The molecule has 3 nitrogen and oxygen atoms in total. The molecule has 2 rings (SSSR count). The number of nitrogens with one attached hydrogen (secondary N) is 1. The summed E-state index contributed by atoms with van der Waals surface area (Å²) >= 11 is 1.47. The lowest BCUT2D eigenvalue weighted by molar-refractivity contribution is 0.170. The summed E-state index contributed by atoms with van der Waals surface area (Å²) in [5.74, 6) is 0.258. The summed E-state index contributed by atoms with van der Waals surface area (Å²) < 4.78 is 0. The Bertz CT molecular complexity index is 589. The second-order valence-corrected chi connectivity index (χ2v) is 6.29. The number of rotatable bonds is 7. The molecule has 0 heterocycles. The molecule has 118 valence electrons. The smallest absolute Gasteiger partial charge is 0.129 e. The predicted octanol–water partition coefficient (Wildman–Crippen LogP) is 3.37. The Morgan fingerprint density at radius 1 is 1.14 bits per heavy atom. The molecule has 3 N–H and O–H groups in total. The van der Waals surface area contributed by atoms with Crippen LogP contribution in [0.3, 0.4) is 0 Å². The van der Waals surface area contributed by atoms with Crippen molar-refractivity contribution in [2.24, 2.45) is 0 Å². The first-order chi connectivity index (χ1) is 10.6. The van der Waals surface area contributed by atoms with E-state index in [-0.39, 0.29) is 11.8 Å². The van der Waals surface area contributed by atoms with Gasteiger partial charge in [-0.2, -0.15) is 0 Å². The maximum atomic E-state index is 10.3. The molecule has 0 aromatic heterocycles. The van der Waals surface area contributed by atoms with Crippen molar-refractivity contribution >= 4 is 11.8 Å². The zero-order valence-corrected chi connectivity index (χ0v) is 13.8. The molecular weight excluding hydrogens is 294 g/mol. The highest BCUT2D eigenvalue weighted by Crippen LogP contribution is 2.29. The van der Waals surface area contributed by atoms with Crippen LogP contribution in [0, 0.1) is 0 Å². The average Bonchev–Trinajstić information content (AvgIpc) is 2.54. The van der Waals surface area contributed by atoms with E-state index in [1.165, 1.54) is 17.3 Å². The fourth-order valence-corrected chi connectivity index (χ4v) is 2.90. The Hall–Kier alpha value is -1.49. The summed E-state index contributed by atoms with van der Waals surface area (Å²) in [6, 6.07) is 15.8. The Kier molecular flexibility index (Phi) is 6.31. The molecule has 2 aromatic carbocycles. The highest BCUT2D eigenvalue weighted by atomic mass is 32.2. The van der Waals surface area contributed by atoms with Crippen molar-refractivity contribution in [2.45, 2.75) is 30.4 Å². The standard InChI is InChI=1S/C18H23NO2S/c1-13(10-14-6-4-3-5-7-14)19-12-17(21)15-8-9-16(20)18(11-15)22-2/h3-9,11,13,17,19-21H,10,12H2,1-2H3/t13?,17-/m0/s1. The molecule has 0 aliphatic rings. The highest BCUT2D eigenvalue weighted by molar-refractivity contribution is 7.98. The van der Waals surface area contributed by atoms with Gasteiger partial charge in [0.1, 0.15) is 5.75 Å². The van der Waals surface area contributed by atoms with E-state index < -0.39 is 6.10 Å². The van der Waals surface area contributed by atoms with Crippen molar-refractivity contribution in [3.63, 3.8) is 0 Å². The Balaban J connectivity index is 1.88. The SMILES string of the molecule is CSc1cc([C@@H](O)CNC(C)Cc2ccccc2)ccc1O. The van der Waals surface area contributed by atoms with Crippen molar-refractivity contribution in [1.29, 1.82) is 0 Å². The molecule has 1 unspecified atom stereocenters.